The van der Waals surface area contributed by atoms with E-state index in [4.69, 9.17) is 0 Å². The van der Waals surface area contributed by atoms with Gasteiger partial charge in [-0.05, 0) is 6.92 Å². The van der Waals surface area contributed by atoms with E-state index in [1.165, 1.54) is 16.8 Å². The van der Waals surface area contributed by atoms with Crippen molar-refractivity contribution >= 4 is 0 Å². The van der Waals surface area contributed by atoms with Crippen LogP contribution in [0.3, 0.4) is 0 Å². The van der Waals surface area contributed by atoms with Crippen LogP contribution in [0.1, 0.15) is 33.5 Å². The molecule has 0 amide bonds. The Hall–Kier alpha value is -1.12. The van der Waals surface area contributed by atoms with E-state index in [0.29, 0.717) is 0 Å². The molecule has 1 aromatic heterocycles. The molecule has 0 atom stereocenters. The summed E-state index contributed by atoms with van der Waals surface area (Å²) in [4.78, 5) is 14.7. The third-order valence-corrected chi connectivity index (χ3v) is 1.29. The minimum absolute atomic E-state index is 0.0116. The van der Waals surface area contributed by atoms with Gasteiger partial charge in [0.2, 0.25) is 0 Å². The lowest BCUT2D eigenvalue weighted by molar-refractivity contribution is 0.775. The summed E-state index contributed by atoms with van der Waals surface area (Å²) in [5, 5.41) is 0. The first kappa shape index (κ1) is 14.4. The molecule has 0 spiro atoms. The first-order chi connectivity index (χ1) is 6.22. The zero-order chi connectivity index (χ0) is 10.9. The zero-order valence-corrected chi connectivity index (χ0v) is 9.46. The van der Waals surface area contributed by atoms with Gasteiger partial charge in [-0.15, -0.1) is 0 Å². The van der Waals surface area contributed by atoms with Crippen molar-refractivity contribution in [3.05, 3.63) is 28.4 Å². The zero-order valence-electron chi connectivity index (χ0n) is 9.46. The maximum Gasteiger partial charge on any atom is 0.253 e. The fraction of sp³-hybridized carbons (Fsp3) is 0.600. The largest absolute Gasteiger partial charge is 0.300 e. The summed E-state index contributed by atoms with van der Waals surface area (Å²) in [6.45, 7) is 9.79. The number of hydrogen-bond donors (Lipinski definition) is 0. The van der Waals surface area contributed by atoms with E-state index < -0.39 is 0 Å². The summed E-state index contributed by atoms with van der Waals surface area (Å²) in [6, 6.07) is 1.44. The summed E-state index contributed by atoms with van der Waals surface area (Å²) in [5.74, 6) is 0.738. The Kier molecular flexibility index (Phi) is 9.94. The van der Waals surface area contributed by atoms with Crippen molar-refractivity contribution in [3.8, 4) is 0 Å². The predicted octanol–water partition coefficient (Wildman–Crippen LogP) is 2.14. The van der Waals surface area contributed by atoms with E-state index >= 15 is 0 Å². The first-order valence-electron chi connectivity index (χ1n) is 4.70. The molecule has 0 bridgehead atoms. The molecule has 0 unspecified atom stereocenters. The highest BCUT2D eigenvalue weighted by Gasteiger charge is 1.89. The Morgan fingerprint density at radius 1 is 1.23 bits per heavy atom. The van der Waals surface area contributed by atoms with Crippen LogP contribution in [0.2, 0.25) is 0 Å². The van der Waals surface area contributed by atoms with E-state index in [1.807, 2.05) is 27.7 Å². The molecule has 1 rings (SSSR count). The van der Waals surface area contributed by atoms with Gasteiger partial charge in [-0.2, -0.15) is 0 Å². The molecule has 0 saturated heterocycles. The Morgan fingerprint density at radius 3 is 2.00 bits per heavy atom. The molecular weight excluding hydrogens is 164 g/mol. The maximum atomic E-state index is 10.8. The molecule has 1 heterocycles. The molecule has 3 nitrogen and oxygen atoms in total. The number of aryl methyl sites for hydroxylation is 1. The normalized spacial score (nSPS) is 7.54. The van der Waals surface area contributed by atoms with Gasteiger partial charge in [-0.25, -0.2) is 4.98 Å². The quantitative estimate of drug-likeness (QED) is 0.619. The second kappa shape index (κ2) is 8.97. The highest BCUT2D eigenvalue weighted by Crippen LogP contribution is 1.80. The lowest BCUT2D eigenvalue weighted by Crippen LogP contribution is -2.18. The van der Waals surface area contributed by atoms with Gasteiger partial charge < -0.3 is 4.57 Å². The number of aromatic nitrogens is 2. The maximum absolute atomic E-state index is 10.8. The van der Waals surface area contributed by atoms with Crippen molar-refractivity contribution in [2.24, 2.45) is 7.05 Å². The third-order valence-electron chi connectivity index (χ3n) is 1.29. The highest BCUT2D eigenvalue weighted by molar-refractivity contribution is 4.89. The first-order valence-corrected chi connectivity index (χ1v) is 4.70. The molecular formula is C10H20N2O. The molecule has 0 aliphatic heterocycles. The Bertz CT molecular complexity index is 266. The SMILES string of the molecule is CC.CC.Cc1nccc(=O)n1C. The van der Waals surface area contributed by atoms with Crippen molar-refractivity contribution in [1.82, 2.24) is 9.55 Å². The number of nitrogens with zero attached hydrogens (tertiary/aromatic N) is 2. The van der Waals surface area contributed by atoms with Crippen LogP contribution >= 0.6 is 0 Å². The number of rotatable bonds is 0. The van der Waals surface area contributed by atoms with Gasteiger partial charge in [-0.1, -0.05) is 27.7 Å². The minimum Gasteiger partial charge on any atom is -0.300 e. The van der Waals surface area contributed by atoms with Gasteiger partial charge in [0, 0.05) is 19.3 Å². The minimum atomic E-state index is -0.0116. The molecule has 0 radical (unpaired) electrons. The second-order valence-corrected chi connectivity index (χ2v) is 1.89. The van der Waals surface area contributed by atoms with Gasteiger partial charge in [0.15, 0.2) is 0 Å². The molecule has 3 heteroatoms. The topological polar surface area (TPSA) is 34.9 Å². The van der Waals surface area contributed by atoms with Crippen LogP contribution < -0.4 is 5.56 Å². The predicted molar refractivity (Wildman–Crippen MR) is 56.9 cm³/mol. The van der Waals surface area contributed by atoms with Gasteiger partial charge in [-0.3, -0.25) is 4.79 Å². The van der Waals surface area contributed by atoms with Crippen LogP contribution in [0.25, 0.3) is 0 Å². The van der Waals surface area contributed by atoms with E-state index in [1.54, 1.807) is 14.0 Å². The smallest absolute Gasteiger partial charge is 0.253 e. The van der Waals surface area contributed by atoms with E-state index in [-0.39, 0.29) is 5.56 Å². The molecule has 0 N–H and O–H groups in total. The molecule has 0 saturated carbocycles. The van der Waals surface area contributed by atoms with Crippen molar-refractivity contribution in [2.75, 3.05) is 0 Å². The van der Waals surface area contributed by atoms with Crippen molar-refractivity contribution in [2.45, 2.75) is 34.6 Å². The van der Waals surface area contributed by atoms with Crippen LogP contribution in [0, 0.1) is 6.92 Å². The molecule has 0 aliphatic carbocycles. The third kappa shape index (κ3) is 5.17. The lowest BCUT2D eigenvalue weighted by Gasteiger charge is -1.97. The molecule has 1 aromatic rings. The highest BCUT2D eigenvalue weighted by atomic mass is 16.1. The molecule has 0 aliphatic rings. The van der Waals surface area contributed by atoms with Crippen LogP contribution in [-0.2, 0) is 7.05 Å². The van der Waals surface area contributed by atoms with Crippen molar-refractivity contribution in [3.63, 3.8) is 0 Å². The fourth-order valence-electron chi connectivity index (χ4n) is 0.567. The average molecular weight is 184 g/mol. The van der Waals surface area contributed by atoms with Gasteiger partial charge in [0.25, 0.3) is 5.56 Å². The summed E-state index contributed by atoms with van der Waals surface area (Å²) >= 11 is 0. The van der Waals surface area contributed by atoms with E-state index in [9.17, 15) is 4.79 Å². The Morgan fingerprint density at radius 2 is 1.69 bits per heavy atom. The summed E-state index contributed by atoms with van der Waals surface area (Å²) < 4.78 is 1.50. The van der Waals surface area contributed by atoms with Crippen molar-refractivity contribution in [1.29, 1.82) is 0 Å². The summed E-state index contributed by atoms with van der Waals surface area (Å²) in [6.07, 6.45) is 1.51. The van der Waals surface area contributed by atoms with Crippen LogP contribution in [0.15, 0.2) is 17.1 Å². The van der Waals surface area contributed by atoms with Crippen LogP contribution in [0.5, 0.6) is 0 Å². The van der Waals surface area contributed by atoms with Gasteiger partial charge in [0.05, 0.1) is 0 Å². The average Bonchev–Trinajstić information content (AvgIpc) is 2.20. The monoisotopic (exact) mass is 184 g/mol. The second-order valence-electron chi connectivity index (χ2n) is 1.89. The van der Waals surface area contributed by atoms with Gasteiger partial charge >= 0.3 is 0 Å². The van der Waals surface area contributed by atoms with Crippen LogP contribution in [-0.4, -0.2) is 9.55 Å². The molecule has 13 heavy (non-hydrogen) atoms. The summed E-state index contributed by atoms with van der Waals surface area (Å²) in [5.41, 5.74) is -0.0116. The van der Waals surface area contributed by atoms with E-state index in [2.05, 4.69) is 4.98 Å². The van der Waals surface area contributed by atoms with Crippen molar-refractivity contribution < 1.29 is 0 Å². The summed E-state index contributed by atoms with van der Waals surface area (Å²) in [7, 11) is 1.70. The standard InChI is InChI=1S/C6H8N2O.2C2H6/c1-5-7-4-3-6(9)8(5)2;2*1-2/h3-4H,1-2H3;2*1-2H3. The fourth-order valence-corrected chi connectivity index (χ4v) is 0.567. The molecule has 0 fully saturated rings. The Labute approximate surface area is 80.4 Å². The van der Waals surface area contributed by atoms with Crippen LogP contribution in [0.4, 0.5) is 0 Å². The Balaban J connectivity index is 0. The molecule has 0 aromatic carbocycles. The lowest BCUT2D eigenvalue weighted by atomic mass is 10.6. The number of hydrogen-bond acceptors (Lipinski definition) is 2. The van der Waals surface area contributed by atoms with Gasteiger partial charge in [0.1, 0.15) is 5.82 Å². The van der Waals surface area contributed by atoms with E-state index in [0.717, 1.165) is 5.82 Å². The molecule has 76 valence electrons.